The minimum Gasteiger partial charge on any atom is -0.389 e. The number of hydrogen-bond acceptors (Lipinski definition) is 4. The van der Waals surface area contributed by atoms with Crippen molar-refractivity contribution in [2.24, 2.45) is 5.16 Å². The quantitative estimate of drug-likeness (QED) is 0.593. The normalized spacial score (nSPS) is 20.7. The van der Waals surface area contributed by atoms with E-state index in [2.05, 4.69) is 5.16 Å². The average Bonchev–Trinajstić information content (AvgIpc) is 2.26. The van der Waals surface area contributed by atoms with E-state index in [-0.39, 0.29) is 5.60 Å². The fourth-order valence-corrected chi connectivity index (χ4v) is 1.61. The molecule has 0 fully saturated rings. The van der Waals surface area contributed by atoms with Crippen LogP contribution in [0.1, 0.15) is 20.3 Å². The fourth-order valence-electron chi connectivity index (χ4n) is 0.811. The second-order valence-corrected chi connectivity index (χ2v) is 4.08. The SMILES string of the molecule is CC1(C)CC(SCC=O)=NO1. The third-order valence-electron chi connectivity index (χ3n) is 1.29. The minimum absolute atomic E-state index is 0.175. The Morgan fingerprint density at radius 1 is 1.82 bits per heavy atom. The van der Waals surface area contributed by atoms with E-state index in [1.54, 1.807) is 0 Å². The molecule has 0 N–H and O–H groups in total. The molecule has 3 nitrogen and oxygen atoms in total. The molecule has 0 radical (unpaired) electrons. The molecular formula is C7H11NO2S. The second kappa shape index (κ2) is 3.26. The van der Waals surface area contributed by atoms with E-state index in [4.69, 9.17) is 4.84 Å². The van der Waals surface area contributed by atoms with Gasteiger partial charge in [-0.15, -0.1) is 0 Å². The lowest BCUT2D eigenvalue weighted by atomic mass is 10.1. The maximum absolute atomic E-state index is 10.0. The summed E-state index contributed by atoms with van der Waals surface area (Å²) in [7, 11) is 0. The average molecular weight is 173 g/mol. The smallest absolute Gasteiger partial charge is 0.138 e. The zero-order valence-electron chi connectivity index (χ0n) is 6.66. The Kier molecular flexibility index (Phi) is 2.54. The number of rotatable bonds is 2. The first-order valence-electron chi connectivity index (χ1n) is 3.45. The van der Waals surface area contributed by atoms with Crippen LogP contribution in [0.25, 0.3) is 0 Å². The Morgan fingerprint density at radius 3 is 3.00 bits per heavy atom. The van der Waals surface area contributed by atoms with Gasteiger partial charge < -0.3 is 9.63 Å². The molecule has 1 aliphatic rings. The molecule has 0 aromatic rings. The number of carbonyl (C=O) groups is 1. The van der Waals surface area contributed by atoms with Crippen LogP contribution < -0.4 is 0 Å². The molecule has 0 bridgehead atoms. The highest BCUT2D eigenvalue weighted by atomic mass is 32.2. The summed E-state index contributed by atoms with van der Waals surface area (Å²) in [6, 6.07) is 0. The van der Waals surface area contributed by atoms with Crippen LogP contribution in [-0.2, 0) is 9.63 Å². The van der Waals surface area contributed by atoms with Crippen LogP contribution >= 0.6 is 11.8 Å². The van der Waals surface area contributed by atoms with Crippen molar-refractivity contribution in [1.29, 1.82) is 0 Å². The van der Waals surface area contributed by atoms with Gasteiger partial charge in [-0.3, -0.25) is 0 Å². The molecule has 0 atom stereocenters. The van der Waals surface area contributed by atoms with E-state index < -0.39 is 0 Å². The molecule has 1 aliphatic heterocycles. The summed E-state index contributed by atoms with van der Waals surface area (Å²) >= 11 is 1.44. The van der Waals surface area contributed by atoms with Crippen LogP contribution in [0.3, 0.4) is 0 Å². The van der Waals surface area contributed by atoms with Crippen molar-refractivity contribution < 1.29 is 9.63 Å². The molecule has 0 amide bonds. The van der Waals surface area contributed by atoms with Crippen molar-refractivity contribution in [3.05, 3.63) is 0 Å². The van der Waals surface area contributed by atoms with Crippen LogP contribution in [0, 0.1) is 0 Å². The van der Waals surface area contributed by atoms with Crippen LogP contribution in [0.15, 0.2) is 5.16 Å². The number of thioether (sulfide) groups is 1. The van der Waals surface area contributed by atoms with Gasteiger partial charge in [0.25, 0.3) is 0 Å². The van der Waals surface area contributed by atoms with E-state index in [1.807, 2.05) is 13.8 Å². The fraction of sp³-hybridized carbons (Fsp3) is 0.714. The highest BCUT2D eigenvalue weighted by Gasteiger charge is 2.28. The van der Waals surface area contributed by atoms with Gasteiger partial charge in [0, 0.05) is 6.42 Å². The third kappa shape index (κ3) is 2.54. The van der Waals surface area contributed by atoms with Crippen molar-refractivity contribution in [3.8, 4) is 0 Å². The Morgan fingerprint density at radius 2 is 2.55 bits per heavy atom. The van der Waals surface area contributed by atoms with E-state index in [9.17, 15) is 4.79 Å². The maximum Gasteiger partial charge on any atom is 0.138 e. The molecule has 0 aromatic carbocycles. The minimum atomic E-state index is -0.175. The molecule has 0 spiro atoms. The first kappa shape index (κ1) is 8.59. The van der Waals surface area contributed by atoms with Gasteiger partial charge in [-0.25, -0.2) is 0 Å². The standard InChI is InChI=1S/C7H11NO2S/c1-7(2)5-6(8-10-7)11-4-3-9/h3H,4-5H2,1-2H3. The number of hydrogen-bond donors (Lipinski definition) is 0. The monoisotopic (exact) mass is 173 g/mol. The van der Waals surface area contributed by atoms with Gasteiger partial charge in [0.05, 0.1) is 5.75 Å². The van der Waals surface area contributed by atoms with Gasteiger partial charge in [0.2, 0.25) is 0 Å². The molecular weight excluding hydrogens is 162 g/mol. The van der Waals surface area contributed by atoms with E-state index in [0.717, 1.165) is 17.8 Å². The van der Waals surface area contributed by atoms with E-state index >= 15 is 0 Å². The summed E-state index contributed by atoms with van der Waals surface area (Å²) in [5.74, 6) is 0.471. The Bertz CT molecular complexity index is 189. The number of carbonyl (C=O) groups excluding carboxylic acids is 1. The summed E-state index contributed by atoms with van der Waals surface area (Å²) in [6.45, 7) is 3.95. The largest absolute Gasteiger partial charge is 0.389 e. The summed E-state index contributed by atoms with van der Waals surface area (Å²) < 4.78 is 0. The van der Waals surface area contributed by atoms with Gasteiger partial charge in [-0.05, 0) is 13.8 Å². The highest BCUT2D eigenvalue weighted by molar-refractivity contribution is 8.14. The summed E-state index contributed by atoms with van der Waals surface area (Å²) in [6.07, 6.45) is 1.68. The maximum atomic E-state index is 10.0. The number of aldehydes is 1. The van der Waals surface area contributed by atoms with Gasteiger partial charge in [-0.2, -0.15) is 0 Å². The first-order valence-corrected chi connectivity index (χ1v) is 4.44. The van der Waals surface area contributed by atoms with E-state index in [0.29, 0.717) is 5.75 Å². The topological polar surface area (TPSA) is 38.7 Å². The lowest BCUT2D eigenvalue weighted by molar-refractivity contribution is -0.105. The molecule has 0 aliphatic carbocycles. The molecule has 0 aromatic heterocycles. The Balaban J connectivity index is 2.34. The van der Waals surface area contributed by atoms with Gasteiger partial charge in [-0.1, -0.05) is 16.9 Å². The van der Waals surface area contributed by atoms with Gasteiger partial charge in [0.1, 0.15) is 16.9 Å². The van der Waals surface area contributed by atoms with Crippen molar-refractivity contribution in [1.82, 2.24) is 0 Å². The van der Waals surface area contributed by atoms with Crippen LogP contribution in [0.4, 0.5) is 0 Å². The highest BCUT2D eigenvalue weighted by Crippen LogP contribution is 2.26. The van der Waals surface area contributed by atoms with Crippen molar-refractivity contribution in [3.63, 3.8) is 0 Å². The molecule has 11 heavy (non-hydrogen) atoms. The third-order valence-corrected chi connectivity index (χ3v) is 2.14. The van der Waals surface area contributed by atoms with Crippen molar-refractivity contribution in [2.45, 2.75) is 25.9 Å². The van der Waals surface area contributed by atoms with Crippen molar-refractivity contribution >= 4 is 23.1 Å². The van der Waals surface area contributed by atoms with Crippen LogP contribution in [-0.4, -0.2) is 22.7 Å². The molecule has 62 valence electrons. The Hall–Kier alpha value is -0.510. The zero-order chi connectivity index (χ0) is 8.32. The van der Waals surface area contributed by atoms with Crippen molar-refractivity contribution in [2.75, 3.05) is 5.75 Å². The molecule has 1 heterocycles. The summed E-state index contributed by atoms with van der Waals surface area (Å²) in [4.78, 5) is 15.1. The van der Waals surface area contributed by atoms with Crippen LogP contribution in [0.2, 0.25) is 0 Å². The lowest BCUT2D eigenvalue weighted by Gasteiger charge is -2.12. The second-order valence-electron chi connectivity index (χ2n) is 2.99. The molecule has 0 saturated heterocycles. The lowest BCUT2D eigenvalue weighted by Crippen LogP contribution is -2.18. The van der Waals surface area contributed by atoms with E-state index in [1.165, 1.54) is 11.8 Å². The molecule has 0 saturated carbocycles. The predicted octanol–water partition coefficient (Wildman–Crippen LogP) is 1.43. The first-order chi connectivity index (χ1) is 5.14. The molecule has 4 heteroatoms. The molecule has 1 rings (SSSR count). The molecule has 0 unspecified atom stereocenters. The van der Waals surface area contributed by atoms with Gasteiger partial charge >= 0.3 is 0 Å². The number of nitrogens with zero attached hydrogens (tertiary/aromatic N) is 1. The summed E-state index contributed by atoms with van der Waals surface area (Å²) in [5, 5.41) is 4.77. The number of oxime groups is 1. The van der Waals surface area contributed by atoms with Crippen LogP contribution in [0.5, 0.6) is 0 Å². The summed E-state index contributed by atoms with van der Waals surface area (Å²) in [5.41, 5.74) is -0.175. The zero-order valence-corrected chi connectivity index (χ0v) is 7.48. The Labute approximate surface area is 70.2 Å². The predicted molar refractivity (Wildman–Crippen MR) is 45.7 cm³/mol. The van der Waals surface area contributed by atoms with Gasteiger partial charge in [0.15, 0.2) is 0 Å².